The fourth-order valence-corrected chi connectivity index (χ4v) is 2.46. The molecule has 0 bridgehead atoms. The van der Waals surface area contributed by atoms with Crippen molar-refractivity contribution in [3.8, 4) is 11.5 Å². The van der Waals surface area contributed by atoms with Crippen molar-refractivity contribution in [2.45, 2.75) is 6.42 Å². The number of rotatable bonds is 5. The van der Waals surface area contributed by atoms with Gasteiger partial charge >= 0.3 is 0 Å². The fourth-order valence-electron chi connectivity index (χ4n) is 2.33. The minimum atomic E-state index is -0.411. The maximum atomic E-state index is 12.1. The molecule has 0 radical (unpaired) electrons. The smallest absolute Gasteiger partial charge is 0.269 e. The van der Waals surface area contributed by atoms with E-state index >= 15 is 0 Å². The normalized spacial score (nSPS) is 10.1. The van der Waals surface area contributed by atoms with Crippen LogP contribution < -0.4 is 15.6 Å². The van der Waals surface area contributed by atoms with Gasteiger partial charge in [-0.2, -0.15) is 0 Å². The second-order valence-electron chi connectivity index (χ2n) is 5.75. The minimum absolute atomic E-state index is 0.140. The zero-order chi connectivity index (χ0) is 19.1. The summed E-state index contributed by atoms with van der Waals surface area (Å²) in [5, 5.41) is 0.604. The highest BCUT2D eigenvalue weighted by Crippen LogP contribution is 2.21. The fraction of sp³-hybridized carbons (Fsp3) is 0.0476. The highest BCUT2D eigenvalue weighted by atomic mass is 35.5. The number of amides is 2. The van der Waals surface area contributed by atoms with E-state index < -0.39 is 5.91 Å². The summed E-state index contributed by atoms with van der Waals surface area (Å²) in [6, 6.07) is 22.9. The molecule has 0 atom stereocenters. The molecule has 0 saturated carbocycles. The van der Waals surface area contributed by atoms with Gasteiger partial charge < -0.3 is 4.74 Å². The standard InChI is InChI=1S/C21H17ClN2O3/c22-17-10-6-15(7-11-17)14-20(25)23-24-21(26)16-8-12-19(13-9-16)27-18-4-2-1-3-5-18/h1-13H,14H2,(H,23,25)(H,24,26). The summed E-state index contributed by atoms with van der Waals surface area (Å²) >= 11 is 5.81. The van der Waals surface area contributed by atoms with Crippen LogP contribution >= 0.6 is 11.6 Å². The molecule has 136 valence electrons. The maximum absolute atomic E-state index is 12.1. The number of benzene rings is 3. The second kappa shape index (κ2) is 8.87. The molecule has 0 unspecified atom stereocenters. The van der Waals surface area contributed by atoms with Crippen LogP contribution in [-0.2, 0) is 11.2 Å². The van der Waals surface area contributed by atoms with Crippen molar-refractivity contribution in [3.05, 3.63) is 95.0 Å². The summed E-state index contributed by atoms with van der Waals surface area (Å²) in [5.41, 5.74) is 5.99. The van der Waals surface area contributed by atoms with E-state index in [1.807, 2.05) is 30.3 Å². The van der Waals surface area contributed by atoms with Crippen LogP contribution in [-0.4, -0.2) is 11.8 Å². The molecule has 3 aromatic carbocycles. The Morgan fingerprint density at radius 3 is 2.07 bits per heavy atom. The highest BCUT2D eigenvalue weighted by molar-refractivity contribution is 6.30. The van der Waals surface area contributed by atoms with Crippen molar-refractivity contribution in [3.63, 3.8) is 0 Å². The van der Waals surface area contributed by atoms with Gasteiger partial charge in [-0.3, -0.25) is 20.4 Å². The van der Waals surface area contributed by atoms with Crippen molar-refractivity contribution in [1.29, 1.82) is 0 Å². The van der Waals surface area contributed by atoms with E-state index in [2.05, 4.69) is 10.9 Å². The van der Waals surface area contributed by atoms with E-state index in [0.29, 0.717) is 22.1 Å². The van der Waals surface area contributed by atoms with Crippen LogP contribution in [0.4, 0.5) is 0 Å². The molecule has 0 spiro atoms. The summed E-state index contributed by atoms with van der Waals surface area (Å²) in [4.78, 5) is 24.0. The van der Waals surface area contributed by atoms with Crippen LogP contribution in [0.1, 0.15) is 15.9 Å². The minimum Gasteiger partial charge on any atom is -0.457 e. The number of hydrazine groups is 1. The van der Waals surface area contributed by atoms with Gasteiger partial charge in [0, 0.05) is 10.6 Å². The summed E-state index contributed by atoms with van der Waals surface area (Å²) in [7, 11) is 0. The number of ether oxygens (including phenoxy) is 1. The lowest BCUT2D eigenvalue weighted by molar-refractivity contribution is -0.121. The van der Waals surface area contributed by atoms with E-state index in [4.69, 9.17) is 16.3 Å². The Labute approximate surface area is 161 Å². The van der Waals surface area contributed by atoms with Crippen LogP contribution in [0.5, 0.6) is 11.5 Å². The lowest BCUT2D eigenvalue weighted by Gasteiger charge is -2.09. The van der Waals surface area contributed by atoms with Gasteiger partial charge in [0.25, 0.3) is 5.91 Å². The molecule has 3 rings (SSSR count). The quantitative estimate of drug-likeness (QED) is 0.654. The predicted molar refractivity (Wildman–Crippen MR) is 104 cm³/mol. The number of carbonyl (C=O) groups is 2. The Hall–Kier alpha value is -3.31. The van der Waals surface area contributed by atoms with Gasteiger partial charge in [0.15, 0.2) is 0 Å². The van der Waals surface area contributed by atoms with Gasteiger partial charge in [-0.05, 0) is 54.1 Å². The van der Waals surface area contributed by atoms with Crippen LogP contribution in [0.25, 0.3) is 0 Å². The van der Waals surface area contributed by atoms with Crippen molar-refractivity contribution < 1.29 is 14.3 Å². The van der Waals surface area contributed by atoms with Crippen LogP contribution in [0.15, 0.2) is 78.9 Å². The number of nitrogens with one attached hydrogen (secondary N) is 2. The molecule has 27 heavy (non-hydrogen) atoms. The largest absolute Gasteiger partial charge is 0.457 e. The lowest BCUT2D eigenvalue weighted by Crippen LogP contribution is -2.42. The van der Waals surface area contributed by atoms with Crippen molar-refractivity contribution in [1.82, 2.24) is 10.9 Å². The molecule has 0 aliphatic carbocycles. The first-order valence-corrected chi connectivity index (χ1v) is 8.64. The second-order valence-corrected chi connectivity index (χ2v) is 6.18. The molecule has 3 aromatic rings. The molecule has 0 aromatic heterocycles. The molecular formula is C21H17ClN2O3. The summed E-state index contributed by atoms with van der Waals surface area (Å²) in [6.45, 7) is 0. The van der Waals surface area contributed by atoms with Gasteiger partial charge in [-0.1, -0.05) is 41.9 Å². The van der Waals surface area contributed by atoms with Crippen molar-refractivity contribution in [2.24, 2.45) is 0 Å². The average molecular weight is 381 g/mol. The maximum Gasteiger partial charge on any atom is 0.269 e. The van der Waals surface area contributed by atoms with E-state index in [9.17, 15) is 9.59 Å². The van der Waals surface area contributed by atoms with Crippen molar-refractivity contribution in [2.75, 3.05) is 0 Å². The first-order valence-electron chi connectivity index (χ1n) is 8.27. The SMILES string of the molecule is O=C(Cc1ccc(Cl)cc1)NNC(=O)c1ccc(Oc2ccccc2)cc1. The Kier molecular flexibility index (Phi) is 6.07. The third kappa shape index (κ3) is 5.59. The summed E-state index contributed by atoms with van der Waals surface area (Å²) < 4.78 is 5.68. The van der Waals surface area contributed by atoms with Crippen LogP contribution in [0.2, 0.25) is 5.02 Å². The highest BCUT2D eigenvalue weighted by Gasteiger charge is 2.08. The zero-order valence-electron chi connectivity index (χ0n) is 14.3. The van der Waals surface area contributed by atoms with Gasteiger partial charge in [-0.15, -0.1) is 0 Å². The number of hydrogen-bond donors (Lipinski definition) is 2. The molecule has 0 aliphatic rings. The number of para-hydroxylation sites is 1. The number of hydrogen-bond acceptors (Lipinski definition) is 3. The third-order valence-corrected chi connectivity index (χ3v) is 3.94. The molecule has 0 heterocycles. The zero-order valence-corrected chi connectivity index (χ0v) is 15.1. The van der Waals surface area contributed by atoms with Crippen LogP contribution in [0, 0.1) is 0 Å². The molecule has 2 amide bonds. The van der Waals surface area contributed by atoms with Gasteiger partial charge in [0.05, 0.1) is 6.42 Å². The van der Waals surface area contributed by atoms with Gasteiger partial charge in [-0.25, -0.2) is 0 Å². The Bertz CT molecular complexity index is 910. The Balaban J connectivity index is 1.50. The Morgan fingerprint density at radius 2 is 1.41 bits per heavy atom. The number of halogens is 1. The lowest BCUT2D eigenvalue weighted by atomic mass is 10.1. The first kappa shape index (κ1) is 18.5. The molecule has 6 heteroatoms. The van der Waals surface area contributed by atoms with E-state index in [0.717, 1.165) is 5.56 Å². The average Bonchev–Trinajstić information content (AvgIpc) is 2.69. The Morgan fingerprint density at radius 1 is 0.778 bits per heavy atom. The van der Waals surface area contributed by atoms with E-state index in [1.54, 1.807) is 48.5 Å². The van der Waals surface area contributed by atoms with E-state index in [1.165, 1.54) is 0 Å². The molecular weight excluding hydrogens is 364 g/mol. The molecule has 5 nitrogen and oxygen atoms in total. The molecule has 2 N–H and O–H groups in total. The van der Waals surface area contributed by atoms with E-state index in [-0.39, 0.29) is 12.3 Å². The third-order valence-electron chi connectivity index (χ3n) is 3.69. The summed E-state index contributed by atoms with van der Waals surface area (Å²) in [5.74, 6) is 0.592. The topological polar surface area (TPSA) is 67.4 Å². The van der Waals surface area contributed by atoms with Crippen LogP contribution in [0.3, 0.4) is 0 Å². The number of carbonyl (C=O) groups excluding carboxylic acids is 2. The molecule has 0 aliphatic heterocycles. The van der Waals surface area contributed by atoms with Gasteiger partial charge in [0.2, 0.25) is 5.91 Å². The first-order chi connectivity index (χ1) is 13.1. The molecule has 0 saturated heterocycles. The molecule has 0 fully saturated rings. The van der Waals surface area contributed by atoms with Gasteiger partial charge in [0.1, 0.15) is 11.5 Å². The summed E-state index contributed by atoms with van der Waals surface area (Å²) in [6.07, 6.45) is 0.140. The van der Waals surface area contributed by atoms with Crippen molar-refractivity contribution >= 4 is 23.4 Å². The monoisotopic (exact) mass is 380 g/mol. The predicted octanol–water partition coefficient (Wildman–Crippen LogP) is 4.14.